The number of nitrogens with zero attached hydrogens (tertiary/aromatic N) is 2. The third-order valence-electron chi connectivity index (χ3n) is 4.45. The van der Waals surface area contributed by atoms with Crippen molar-refractivity contribution in [3.8, 4) is 17.1 Å². The van der Waals surface area contributed by atoms with E-state index in [9.17, 15) is 9.90 Å². The van der Waals surface area contributed by atoms with Crippen molar-refractivity contribution in [2.45, 2.75) is 39.2 Å². The van der Waals surface area contributed by atoms with Gasteiger partial charge in [-0.05, 0) is 49.2 Å². The molecule has 0 bridgehead atoms. The van der Waals surface area contributed by atoms with E-state index in [-0.39, 0.29) is 17.7 Å². The minimum absolute atomic E-state index is 0.0249. The lowest BCUT2D eigenvalue weighted by atomic mass is 10.1. The van der Waals surface area contributed by atoms with Crippen molar-refractivity contribution in [3.63, 3.8) is 0 Å². The van der Waals surface area contributed by atoms with Gasteiger partial charge in [0.05, 0.1) is 11.0 Å². The average Bonchev–Trinajstić information content (AvgIpc) is 3.04. The van der Waals surface area contributed by atoms with E-state index in [0.717, 1.165) is 41.7 Å². The van der Waals surface area contributed by atoms with Crippen molar-refractivity contribution in [1.29, 1.82) is 0 Å². The van der Waals surface area contributed by atoms with Gasteiger partial charge in [0.2, 0.25) is 5.91 Å². The number of phenolic OH excluding ortho intramolecular Hbond substituents is 1. The van der Waals surface area contributed by atoms with Crippen molar-refractivity contribution in [2.24, 2.45) is 0 Å². The number of hydrogen-bond donors (Lipinski definition) is 2. The number of amides is 1. The standard InChI is InChI=1S/C21H25N3O2/c1-3-7-19(21(26)22-14-4-2)24-18-9-6-5-8-17(18)23-20(24)15-10-12-16(25)13-11-15/h5-6,8-13,19,25H,3-4,7,14H2,1-2H3,(H,22,26). The van der Waals surface area contributed by atoms with E-state index >= 15 is 0 Å². The Morgan fingerprint density at radius 2 is 1.85 bits per heavy atom. The largest absolute Gasteiger partial charge is 0.508 e. The molecule has 136 valence electrons. The van der Waals surface area contributed by atoms with Gasteiger partial charge >= 0.3 is 0 Å². The summed E-state index contributed by atoms with van der Waals surface area (Å²) in [4.78, 5) is 17.7. The fraction of sp³-hybridized carbons (Fsp3) is 0.333. The lowest BCUT2D eigenvalue weighted by molar-refractivity contribution is -0.124. The van der Waals surface area contributed by atoms with Crippen molar-refractivity contribution in [1.82, 2.24) is 14.9 Å². The van der Waals surface area contributed by atoms with Crippen molar-refractivity contribution in [3.05, 3.63) is 48.5 Å². The van der Waals surface area contributed by atoms with Crippen LogP contribution in [0.4, 0.5) is 0 Å². The summed E-state index contributed by atoms with van der Waals surface area (Å²) in [6, 6.07) is 14.5. The molecular weight excluding hydrogens is 326 g/mol. The van der Waals surface area contributed by atoms with Crippen molar-refractivity contribution >= 4 is 16.9 Å². The van der Waals surface area contributed by atoms with Gasteiger partial charge in [0.25, 0.3) is 0 Å². The van der Waals surface area contributed by atoms with Crippen LogP contribution in [0.5, 0.6) is 5.75 Å². The molecule has 0 aliphatic rings. The summed E-state index contributed by atoms with van der Waals surface area (Å²) >= 11 is 0. The number of imidazole rings is 1. The highest BCUT2D eigenvalue weighted by atomic mass is 16.3. The maximum atomic E-state index is 12.9. The Hall–Kier alpha value is -2.82. The van der Waals surface area contributed by atoms with Crippen molar-refractivity contribution in [2.75, 3.05) is 6.54 Å². The number of fused-ring (bicyclic) bond motifs is 1. The average molecular weight is 351 g/mol. The van der Waals surface area contributed by atoms with Gasteiger partial charge in [0.1, 0.15) is 17.6 Å². The first kappa shape index (κ1) is 18.0. The number of phenols is 1. The van der Waals surface area contributed by atoms with Crippen LogP contribution >= 0.6 is 0 Å². The van der Waals surface area contributed by atoms with Crippen LogP contribution in [0.3, 0.4) is 0 Å². The SMILES string of the molecule is CCCNC(=O)C(CCC)n1c(-c2ccc(O)cc2)nc2ccccc21. The molecule has 0 spiro atoms. The first-order chi connectivity index (χ1) is 12.7. The zero-order chi connectivity index (χ0) is 18.5. The van der Waals surface area contributed by atoms with Gasteiger partial charge in [0.15, 0.2) is 0 Å². The van der Waals surface area contributed by atoms with E-state index in [4.69, 9.17) is 4.98 Å². The second kappa shape index (κ2) is 8.04. The molecular formula is C21H25N3O2. The molecule has 3 rings (SSSR count). The van der Waals surface area contributed by atoms with Crippen LogP contribution in [-0.4, -0.2) is 27.1 Å². The van der Waals surface area contributed by atoms with Crippen LogP contribution in [-0.2, 0) is 4.79 Å². The Kier molecular flexibility index (Phi) is 5.56. The van der Waals surface area contributed by atoms with Gasteiger partial charge in [-0.3, -0.25) is 4.79 Å². The minimum atomic E-state index is -0.317. The van der Waals surface area contributed by atoms with Crippen LogP contribution in [0.25, 0.3) is 22.4 Å². The molecule has 2 aromatic carbocycles. The van der Waals surface area contributed by atoms with E-state index in [0.29, 0.717) is 6.54 Å². The van der Waals surface area contributed by atoms with Crippen molar-refractivity contribution < 1.29 is 9.90 Å². The Morgan fingerprint density at radius 1 is 1.12 bits per heavy atom. The summed E-state index contributed by atoms with van der Waals surface area (Å²) in [5.41, 5.74) is 2.68. The molecule has 1 amide bonds. The number of benzene rings is 2. The molecule has 0 aliphatic carbocycles. The molecule has 1 aromatic heterocycles. The van der Waals surface area contributed by atoms with Gasteiger partial charge in [-0.25, -0.2) is 4.98 Å². The third-order valence-corrected chi connectivity index (χ3v) is 4.45. The molecule has 5 heteroatoms. The van der Waals surface area contributed by atoms with Crippen LogP contribution in [0, 0.1) is 0 Å². The Bertz CT molecular complexity index is 884. The smallest absolute Gasteiger partial charge is 0.243 e. The number of rotatable bonds is 7. The van der Waals surface area contributed by atoms with Gasteiger partial charge in [-0.15, -0.1) is 0 Å². The number of nitrogens with one attached hydrogen (secondary N) is 1. The predicted octanol–water partition coefficient (Wildman–Crippen LogP) is 4.28. The maximum absolute atomic E-state index is 12.9. The Balaban J connectivity index is 2.16. The third kappa shape index (κ3) is 3.57. The molecule has 1 heterocycles. The molecule has 0 radical (unpaired) electrons. The molecule has 3 aromatic rings. The second-order valence-electron chi connectivity index (χ2n) is 6.44. The van der Waals surface area contributed by atoms with E-state index < -0.39 is 0 Å². The number of carbonyl (C=O) groups excluding carboxylic acids is 1. The first-order valence-corrected chi connectivity index (χ1v) is 9.19. The molecule has 0 fully saturated rings. The summed E-state index contributed by atoms with van der Waals surface area (Å²) in [7, 11) is 0. The molecule has 0 aliphatic heterocycles. The highest BCUT2D eigenvalue weighted by Crippen LogP contribution is 2.31. The normalized spacial score (nSPS) is 12.2. The van der Waals surface area contributed by atoms with Gasteiger partial charge in [-0.2, -0.15) is 0 Å². The molecule has 1 unspecified atom stereocenters. The van der Waals surface area contributed by atoms with Crippen LogP contribution in [0.15, 0.2) is 48.5 Å². The summed E-state index contributed by atoms with van der Waals surface area (Å²) in [5.74, 6) is 0.982. The van der Waals surface area contributed by atoms with Gasteiger partial charge < -0.3 is 15.0 Å². The number of hydrogen-bond acceptors (Lipinski definition) is 3. The van der Waals surface area contributed by atoms with Crippen LogP contribution in [0.1, 0.15) is 39.2 Å². The van der Waals surface area contributed by atoms with Crippen LogP contribution in [0.2, 0.25) is 0 Å². The number of aromatic nitrogens is 2. The lowest BCUT2D eigenvalue weighted by Crippen LogP contribution is -2.33. The summed E-state index contributed by atoms with van der Waals surface area (Å²) in [6.45, 7) is 4.79. The van der Waals surface area contributed by atoms with E-state index in [1.807, 2.05) is 47.9 Å². The zero-order valence-corrected chi connectivity index (χ0v) is 15.3. The predicted molar refractivity (Wildman–Crippen MR) is 104 cm³/mol. The summed E-state index contributed by atoms with van der Waals surface area (Å²) in [5, 5.41) is 12.6. The molecule has 0 saturated carbocycles. The van der Waals surface area contributed by atoms with E-state index in [1.165, 1.54) is 0 Å². The first-order valence-electron chi connectivity index (χ1n) is 9.19. The van der Waals surface area contributed by atoms with E-state index in [2.05, 4.69) is 12.2 Å². The van der Waals surface area contributed by atoms with E-state index in [1.54, 1.807) is 12.1 Å². The summed E-state index contributed by atoms with van der Waals surface area (Å²) < 4.78 is 2.04. The molecule has 2 N–H and O–H groups in total. The Labute approximate surface area is 153 Å². The highest BCUT2D eigenvalue weighted by molar-refractivity contribution is 5.87. The molecule has 5 nitrogen and oxygen atoms in total. The summed E-state index contributed by atoms with van der Waals surface area (Å²) in [6.07, 6.45) is 2.53. The number of para-hydroxylation sites is 2. The monoisotopic (exact) mass is 351 g/mol. The molecule has 0 saturated heterocycles. The molecule has 26 heavy (non-hydrogen) atoms. The lowest BCUT2D eigenvalue weighted by Gasteiger charge is -2.21. The number of aromatic hydroxyl groups is 1. The minimum Gasteiger partial charge on any atom is -0.508 e. The topological polar surface area (TPSA) is 67.2 Å². The van der Waals surface area contributed by atoms with Gasteiger partial charge in [0, 0.05) is 12.1 Å². The van der Waals surface area contributed by atoms with Gasteiger partial charge in [-0.1, -0.05) is 32.4 Å². The molecule has 1 atom stereocenters. The second-order valence-corrected chi connectivity index (χ2v) is 6.44. The zero-order valence-electron chi connectivity index (χ0n) is 15.3. The maximum Gasteiger partial charge on any atom is 0.243 e. The fourth-order valence-corrected chi connectivity index (χ4v) is 3.19. The quantitative estimate of drug-likeness (QED) is 0.668. The Morgan fingerprint density at radius 3 is 2.54 bits per heavy atom. The fourth-order valence-electron chi connectivity index (χ4n) is 3.19. The van der Waals surface area contributed by atoms with Crippen LogP contribution < -0.4 is 5.32 Å². The highest BCUT2D eigenvalue weighted by Gasteiger charge is 2.25. The number of carbonyl (C=O) groups is 1.